The van der Waals surface area contributed by atoms with Crippen LogP contribution < -0.4 is 10.6 Å². The minimum atomic E-state index is -0.972. The quantitative estimate of drug-likeness (QED) is 0.757. The Morgan fingerprint density at radius 2 is 1.64 bits per heavy atom. The van der Waals surface area contributed by atoms with Gasteiger partial charge in [-0.3, -0.25) is 9.59 Å². The average Bonchev–Trinajstić information content (AvgIpc) is 2.63. The molecule has 0 heterocycles. The fourth-order valence-corrected chi connectivity index (χ4v) is 2.28. The van der Waals surface area contributed by atoms with Crippen molar-refractivity contribution in [1.82, 2.24) is 10.6 Å². The number of hydrogen-bond donors (Lipinski definition) is 2. The summed E-state index contributed by atoms with van der Waals surface area (Å²) in [7, 11) is 0. The van der Waals surface area contributed by atoms with Gasteiger partial charge in [0.1, 0.15) is 0 Å². The van der Waals surface area contributed by atoms with Crippen molar-refractivity contribution >= 4 is 11.8 Å². The molecule has 0 aliphatic heterocycles. The largest absolute Gasteiger partial charge is 0.356 e. The van der Waals surface area contributed by atoms with Crippen molar-refractivity contribution in [3.63, 3.8) is 0 Å². The van der Waals surface area contributed by atoms with E-state index in [4.69, 9.17) is 0 Å². The van der Waals surface area contributed by atoms with Gasteiger partial charge in [0.15, 0.2) is 11.6 Å². The summed E-state index contributed by atoms with van der Waals surface area (Å²) in [6.45, 7) is 2.43. The molecule has 0 aliphatic rings. The Hall–Kier alpha value is -2.76. The van der Waals surface area contributed by atoms with Crippen LogP contribution in [0, 0.1) is 11.6 Å². The SMILES string of the molecule is CC(C(=O)NCCCNC(=O)c1ccccc1)c1ccc(F)c(F)c1. The molecular formula is C19H20F2N2O2. The van der Waals surface area contributed by atoms with Gasteiger partial charge in [-0.25, -0.2) is 8.78 Å². The third-order valence-corrected chi connectivity index (χ3v) is 3.81. The number of hydrogen-bond acceptors (Lipinski definition) is 2. The van der Waals surface area contributed by atoms with E-state index in [1.165, 1.54) is 6.07 Å². The van der Waals surface area contributed by atoms with Crippen molar-refractivity contribution in [2.75, 3.05) is 13.1 Å². The summed E-state index contributed by atoms with van der Waals surface area (Å²) in [5.74, 6) is -2.94. The van der Waals surface area contributed by atoms with Crippen LogP contribution in [0.5, 0.6) is 0 Å². The lowest BCUT2D eigenvalue weighted by molar-refractivity contribution is -0.122. The summed E-state index contributed by atoms with van der Waals surface area (Å²) in [5, 5.41) is 5.49. The first-order valence-corrected chi connectivity index (χ1v) is 8.05. The first kappa shape index (κ1) is 18.6. The zero-order valence-electron chi connectivity index (χ0n) is 13.9. The normalized spacial score (nSPS) is 11.6. The van der Waals surface area contributed by atoms with E-state index in [1.807, 2.05) is 6.07 Å². The predicted octanol–water partition coefficient (Wildman–Crippen LogP) is 3.00. The summed E-state index contributed by atoms with van der Waals surface area (Å²) in [4.78, 5) is 23.9. The number of rotatable bonds is 7. The molecule has 0 bridgehead atoms. The molecule has 2 aromatic rings. The van der Waals surface area contributed by atoms with Crippen LogP contribution in [-0.4, -0.2) is 24.9 Å². The molecule has 0 fully saturated rings. The Kier molecular flexibility index (Phi) is 6.62. The molecule has 2 rings (SSSR count). The fraction of sp³-hybridized carbons (Fsp3) is 0.263. The van der Waals surface area contributed by atoms with Gasteiger partial charge in [-0.05, 0) is 43.2 Å². The zero-order valence-corrected chi connectivity index (χ0v) is 13.9. The summed E-state index contributed by atoms with van der Waals surface area (Å²) >= 11 is 0. The maximum Gasteiger partial charge on any atom is 0.251 e. The average molecular weight is 346 g/mol. The molecule has 0 saturated carbocycles. The molecule has 1 unspecified atom stereocenters. The second-order valence-electron chi connectivity index (χ2n) is 5.66. The van der Waals surface area contributed by atoms with Crippen LogP contribution in [0.25, 0.3) is 0 Å². The Balaban J connectivity index is 1.71. The summed E-state index contributed by atoms with van der Waals surface area (Å²) < 4.78 is 26.2. The van der Waals surface area contributed by atoms with Crippen LogP contribution in [0.15, 0.2) is 48.5 Å². The van der Waals surface area contributed by atoms with Crippen molar-refractivity contribution in [3.05, 3.63) is 71.3 Å². The van der Waals surface area contributed by atoms with E-state index >= 15 is 0 Å². The minimum absolute atomic E-state index is 0.165. The van der Waals surface area contributed by atoms with E-state index in [0.717, 1.165) is 12.1 Å². The molecule has 4 nitrogen and oxygen atoms in total. The molecule has 2 aromatic carbocycles. The monoisotopic (exact) mass is 346 g/mol. The molecule has 1 atom stereocenters. The highest BCUT2D eigenvalue weighted by molar-refractivity contribution is 5.94. The third-order valence-electron chi connectivity index (χ3n) is 3.81. The standard InChI is InChI=1S/C19H20F2N2O2/c1-13(15-8-9-16(20)17(21)12-15)18(24)22-10-5-11-23-19(25)14-6-3-2-4-7-14/h2-4,6-9,12-13H,5,10-11H2,1H3,(H,22,24)(H,23,25). The van der Waals surface area contributed by atoms with E-state index in [0.29, 0.717) is 30.6 Å². The van der Waals surface area contributed by atoms with Crippen LogP contribution >= 0.6 is 0 Å². The van der Waals surface area contributed by atoms with Gasteiger partial charge in [0.25, 0.3) is 5.91 Å². The lowest BCUT2D eigenvalue weighted by atomic mass is 10.00. The molecule has 0 saturated heterocycles. The first-order chi connectivity index (χ1) is 12.0. The van der Waals surface area contributed by atoms with Crippen molar-refractivity contribution in [1.29, 1.82) is 0 Å². The van der Waals surface area contributed by atoms with Crippen LogP contribution in [0.4, 0.5) is 8.78 Å². The van der Waals surface area contributed by atoms with E-state index in [1.54, 1.807) is 31.2 Å². The molecule has 2 amide bonds. The Bertz CT molecular complexity index is 735. The highest BCUT2D eigenvalue weighted by Gasteiger charge is 2.16. The fourth-order valence-electron chi connectivity index (χ4n) is 2.28. The Morgan fingerprint density at radius 3 is 2.32 bits per heavy atom. The number of benzene rings is 2. The molecule has 25 heavy (non-hydrogen) atoms. The summed E-state index contributed by atoms with van der Waals surface area (Å²) in [5.41, 5.74) is 0.993. The molecular weight excluding hydrogens is 326 g/mol. The maximum atomic E-state index is 13.2. The lowest BCUT2D eigenvalue weighted by Gasteiger charge is -2.13. The minimum Gasteiger partial charge on any atom is -0.356 e. The molecule has 6 heteroatoms. The van der Waals surface area contributed by atoms with Gasteiger partial charge in [0.2, 0.25) is 5.91 Å². The summed E-state index contributed by atoms with van der Waals surface area (Å²) in [6, 6.07) is 12.3. The Morgan fingerprint density at radius 1 is 0.960 bits per heavy atom. The van der Waals surface area contributed by atoms with E-state index < -0.39 is 17.6 Å². The van der Waals surface area contributed by atoms with Crippen molar-refractivity contribution in [3.8, 4) is 0 Å². The van der Waals surface area contributed by atoms with Crippen LogP contribution in [-0.2, 0) is 4.79 Å². The van der Waals surface area contributed by atoms with Gasteiger partial charge in [0, 0.05) is 18.7 Å². The Labute approximate surface area is 145 Å². The highest BCUT2D eigenvalue weighted by atomic mass is 19.2. The van der Waals surface area contributed by atoms with Crippen molar-refractivity contribution < 1.29 is 18.4 Å². The zero-order chi connectivity index (χ0) is 18.2. The van der Waals surface area contributed by atoms with Gasteiger partial charge in [0.05, 0.1) is 5.92 Å². The lowest BCUT2D eigenvalue weighted by Crippen LogP contribution is -2.32. The van der Waals surface area contributed by atoms with Gasteiger partial charge in [-0.2, -0.15) is 0 Å². The summed E-state index contributed by atoms with van der Waals surface area (Å²) in [6.07, 6.45) is 0.564. The van der Waals surface area contributed by atoms with Gasteiger partial charge in [-0.15, -0.1) is 0 Å². The molecule has 0 radical (unpaired) electrons. The third kappa shape index (κ3) is 5.38. The van der Waals surface area contributed by atoms with Crippen LogP contribution in [0.1, 0.15) is 35.2 Å². The second kappa shape index (κ2) is 8.92. The van der Waals surface area contributed by atoms with E-state index in [-0.39, 0.29) is 11.8 Å². The number of amides is 2. The van der Waals surface area contributed by atoms with Crippen LogP contribution in [0.2, 0.25) is 0 Å². The molecule has 0 aliphatic carbocycles. The maximum absolute atomic E-state index is 13.2. The first-order valence-electron chi connectivity index (χ1n) is 8.05. The topological polar surface area (TPSA) is 58.2 Å². The van der Waals surface area contributed by atoms with E-state index in [2.05, 4.69) is 10.6 Å². The van der Waals surface area contributed by atoms with Gasteiger partial charge in [-0.1, -0.05) is 24.3 Å². The second-order valence-corrected chi connectivity index (χ2v) is 5.66. The number of halogens is 2. The van der Waals surface area contributed by atoms with E-state index in [9.17, 15) is 18.4 Å². The van der Waals surface area contributed by atoms with Crippen molar-refractivity contribution in [2.45, 2.75) is 19.3 Å². The van der Waals surface area contributed by atoms with Gasteiger partial charge < -0.3 is 10.6 Å². The van der Waals surface area contributed by atoms with Crippen molar-refractivity contribution in [2.24, 2.45) is 0 Å². The van der Waals surface area contributed by atoms with Gasteiger partial charge >= 0.3 is 0 Å². The number of nitrogens with one attached hydrogen (secondary N) is 2. The number of carbonyl (C=O) groups excluding carboxylic acids is 2. The molecule has 2 N–H and O–H groups in total. The molecule has 0 aromatic heterocycles. The van der Waals surface area contributed by atoms with Crippen LogP contribution in [0.3, 0.4) is 0 Å². The molecule has 0 spiro atoms. The smallest absolute Gasteiger partial charge is 0.251 e. The highest BCUT2D eigenvalue weighted by Crippen LogP contribution is 2.18. The molecule has 132 valence electrons. The predicted molar refractivity (Wildman–Crippen MR) is 91.2 cm³/mol. The number of carbonyl (C=O) groups is 2.